The second kappa shape index (κ2) is 5.38. The number of carbonyl (C=O) groups is 1. The SMILES string of the molecule is CC(=O)c1cc([N+](=O)[O-])c(Nc2ccc(Cl)cc2)s1. The molecular formula is C12H9ClN2O3S. The minimum absolute atomic E-state index is 0.106. The van der Waals surface area contributed by atoms with Crippen LogP contribution in [0.3, 0.4) is 0 Å². The van der Waals surface area contributed by atoms with Crippen molar-refractivity contribution in [1.29, 1.82) is 0 Å². The van der Waals surface area contributed by atoms with Crippen molar-refractivity contribution in [2.75, 3.05) is 5.32 Å². The third-order valence-corrected chi connectivity index (χ3v) is 3.75. The Morgan fingerprint density at radius 3 is 2.53 bits per heavy atom. The number of nitrogens with zero attached hydrogens (tertiary/aromatic N) is 1. The van der Waals surface area contributed by atoms with Crippen LogP contribution in [0.5, 0.6) is 0 Å². The van der Waals surface area contributed by atoms with Crippen molar-refractivity contribution in [3.63, 3.8) is 0 Å². The van der Waals surface area contributed by atoms with E-state index in [1.54, 1.807) is 24.3 Å². The van der Waals surface area contributed by atoms with Gasteiger partial charge in [0.05, 0.1) is 9.80 Å². The zero-order valence-electron chi connectivity index (χ0n) is 9.84. The van der Waals surface area contributed by atoms with Gasteiger partial charge in [-0.25, -0.2) is 0 Å². The van der Waals surface area contributed by atoms with Gasteiger partial charge in [0, 0.05) is 16.8 Å². The first kappa shape index (κ1) is 13.5. The topological polar surface area (TPSA) is 72.2 Å². The molecule has 5 nitrogen and oxygen atoms in total. The Morgan fingerprint density at radius 1 is 1.37 bits per heavy atom. The average molecular weight is 297 g/mol. The molecule has 0 radical (unpaired) electrons. The molecule has 0 aliphatic rings. The minimum Gasteiger partial charge on any atom is -0.342 e. The van der Waals surface area contributed by atoms with E-state index in [1.807, 2.05) is 0 Å². The molecule has 19 heavy (non-hydrogen) atoms. The number of hydrogen-bond acceptors (Lipinski definition) is 5. The maximum Gasteiger partial charge on any atom is 0.304 e. The molecule has 0 atom stereocenters. The number of carbonyl (C=O) groups excluding carboxylic acids is 1. The molecule has 1 aromatic heterocycles. The van der Waals surface area contributed by atoms with E-state index in [9.17, 15) is 14.9 Å². The van der Waals surface area contributed by atoms with Crippen molar-refractivity contribution < 1.29 is 9.72 Å². The molecule has 1 N–H and O–H groups in total. The third kappa shape index (κ3) is 3.10. The Balaban J connectivity index is 2.35. The van der Waals surface area contributed by atoms with E-state index in [4.69, 9.17) is 11.6 Å². The zero-order valence-corrected chi connectivity index (χ0v) is 11.4. The second-order valence-corrected chi connectivity index (χ2v) is 5.26. The van der Waals surface area contributed by atoms with Crippen molar-refractivity contribution in [1.82, 2.24) is 0 Å². The number of ketones is 1. The Kier molecular flexibility index (Phi) is 3.82. The van der Waals surface area contributed by atoms with E-state index in [2.05, 4.69) is 5.32 Å². The molecule has 2 rings (SSSR count). The van der Waals surface area contributed by atoms with Gasteiger partial charge in [-0.05, 0) is 31.2 Å². The van der Waals surface area contributed by atoms with Crippen molar-refractivity contribution >= 4 is 45.1 Å². The largest absolute Gasteiger partial charge is 0.342 e. The summed E-state index contributed by atoms with van der Waals surface area (Å²) >= 11 is 6.82. The predicted octanol–water partition coefficient (Wildman–Crippen LogP) is 4.26. The lowest BCUT2D eigenvalue weighted by atomic mass is 10.3. The molecule has 0 saturated carbocycles. The molecule has 0 amide bonds. The van der Waals surface area contributed by atoms with E-state index in [0.717, 1.165) is 11.3 Å². The Hall–Kier alpha value is -1.92. The predicted molar refractivity (Wildman–Crippen MR) is 75.7 cm³/mol. The monoisotopic (exact) mass is 296 g/mol. The number of hydrogen-bond donors (Lipinski definition) is 1. The highest BCUT2D eigenvalue weighted by Crippen LogP contribution is 2.36. The van der Waals surface area contributed by atoms with E-state index in [0.29, 0.717) is 20.6 Å². The Labute approximate surface area is 118 Å². The molecular weight excluding hydrogens is 288 g/mol. The first-order valence-electron chi connectivity index (χ1n) is 5.29. The maximum atomic E-state index is 11.3. The number of benzene rings is 1. The molecule has 0 fully saturated rings. The van der Waals surface area contributed by atoms with E-state index in [1.165, 1.54) is 13.0 Å². The highest BCUT2D eigenvalue weighted by Gasteiger charge is 2.20. The van der Waals surface area contributed by atoms with Gasteiger partial charge >= 0.3 is 5.69 Å². The smallest absolute Gasteiger partial charge is 0.304 e. The highest BCUT2D eigenvalue weighted by atomic mass is 35.5. The lowest BCUT2D eigenvalue weighted by Crippen LogP contribution is -1.92. The van der Waals surface area contributed by atoms with Gasteiger partial charge in [0.1, 0.15) is 0 Å². The fraction of sp³-hybridized carbons (Fsp3) is 0.0833. The van der Waals surface area contributed by atoms with Crippen molar-refractivity contribution in [3.8, 4) is 0 Å². The third-order valence-electron chi connectivity index (χ3n) is 2.36. The number of nitro groups is 1. The lowest BCUT2D eigenvalue weighted by Gasteiger charge is -2.03. The average Bonchev–Trinajstić information content (AvgIpc) is 2.76. The van der Waals surface area contributed by atoms with Crippen LogP contribution in [-0.4, -0.2) is 10.7 Å². The second-order valence-electron chi connectivity index (χ2n) is 3.77. The van der Waals surface area contributed by atoms with Gasteiger partial charge in [-0.3, -0.25) is 14.9 Å². The van der Waals surface area contributed by atoms with Gasteiger partial charge in [-0.2, -0.15) is 0 Å². The molecule has 7 heteroatoms. The van der Waals surface area contributed by atoms with Gasteiger partial charge < -0.3 is 5.32 Å². The molecule has 1 heterocycles. The summed E-state index contributed by atoms with van der Waals surface area (Å²) in [7, 11) is 0. The van der Waals surface area contributed by atoms with E-state index in [-0.39, 0.29) is 11.5 Å². The van der Waals surface area contributed by atoms with Crippen LogP contribution in [0.4, 0.5) is 16.4 Å². The van der Waals surface area contributed by atoms with Crippen molar-refractivity contribution in [2.45, 2.75) is 6.92 Å². The number of rotatable bonds is 4. The van der Waals surface area contributed by atoms with Crippen molar-refractivity contribution in [3.05, 3.63) is 50.3 Å². The number of thiophene rings is 1. The zero-order chi connectivity index (χ0) is 14.0. The molecule has 0 unspecified atom stereocenters. The summed E-state index contributed by atoms with van der Waals surface area (Å²) in [6.45, 7) is 1.38. The van der Waals surface area contributed by atoms with E-state index >= 15 is 0 Å². The summed E-state index contributed by atoms with van der Waals surface area (Å²) in [5.41, 5.74) is 0.564. The number of anilines is 2. The first-order chi connectivity index (χ1) is 8.97. The molecule has 0 saturated heterocycles. The summed E-state index contributed by atoms with van der Waals surface area (Å²) in [5, 5.41) is 14.8. The van der Waals surface area contributed by atoms with Gasteiger partial charge in [0.25, 0.3) is 0 Å². The Morgan fingerprint density at radius 2 is 2.00 bits per heavy atom. The maximum absolute atomic E-state index is 11.3. The molecule has 2 aromatic rings. The van der Waals surface area contributed by atoms with Crippen LogP contribution in [0.25, 0.3) is 0 Å². The standard InChI is InChI=1S/C12H9ClN2O3S/c1-7(16)11-6-10(15(17)18)12(19-11)14-9-4-2-8(13)3-5-9/h2-6,14H,1H3. The van der Waals surface area contributed by atoms with Gasteiger partial charge in [-0.15, -0.1) is 11.3 Å². The Bertz CT molecular complexity index is 637. The van der Waals surface area contributed by atoms with Gasteiger partial charge in [-0.1, -0.05) is 11.6 Å². The van der Waals surface area contributed by atoms with Crippen LogP contribution >= 0.6 is 22.9 Å². The fourth-order valence-corrected chi connectivity index (χ4v) is 2.51. The molecule has 0 aliphatic heterocycles. The molecule has 0 bridgehead atoms. The number of Topliss-reactive ketones (excluding diaryl/α,β-unsaturated/α-hetero) is 1. The molecule has 1 aromatic carbocycles. The summed E-state index contributed by atoms with van der Waals surface area (Å²) in [6, 6.07) is 8.05. The summed E-state index contributed by atoms with van der Waals surface area (Å²) < 4.78 is 0. The van der Waals surface area contributed by atoms with Crippen LogP contribution in [0, 0.1) is 10.1 Å². The number of nitrogens with one attached hydrogen (secondary N) is 1. The summed E-state index contributed by atoms with van der Waals surface area (Å²) in [4.78, 5) is 22.1. The summed E-state index contributed by atoms with van der Waals surface area (Å²) in [6.07, 6.45) is 0. The normalized spacial score (nSPS) is 10.2. The van der Waals surface area contributed by atoms with Gasteiger partial charge in [0.2, 0.25) is 0 Å². The highest BCUT2D eigenvalue weighted by molar-refractivity contribution is 7.18. The van der Waals surface area contributed by atoms with Crippen LogP contribution in [0.1, 0.15) is 16.6 Å². The minimum atomic E-state index is -0.513. The van der Waals surface area contributed by atoms with Crippen LogP contribution in [-0.2, 0) is 0 Å². The molecule has 0 spiro atoms. The summed E-state index contributed by atoms with van der Waals surface area (Å²) in [5.74, 6) is -0.197. The molecule has 0 aliphatic carbocycles. The van der Waals surface area contributed by atoms with Crippen molar-refractivity contribution in [2.24, 2.45) is 0 Å². The fourth-order valence-electron chi connectivity index (χ4n) is 1.44. The first-order valence-corrected chi connectivity index (χ1v) is 6.48. The molecule has 98 valence electrons. The van der Waals surface area contributed by atoms with Crippen LogP contribution < -0.4 is 5.32 Å². The van der Waals surface area contributed by atoms with Gasteiger partial charge in [0.15, 0.2) is 10.8 Å². The number of halogens is 1. The van der Waals surface area contributed by atoms with Crippen LogP contribution in [0.2, 0.25) is 5.02 Å². The lowest BCUT2D eigenvalue weighted by molar-refractivity contribution is -0.383. The van der Waals surface area contributed by atoms with Crippen LogP contribution in [0.15, 0.2) is 30.3 Å². The quantitative estimate of drug-likeness (QED) is 0.520. The van der Waals surface area contributed by atoms with E-state index < -0.39 is 4.92 Å².